The largest absolute Gasteiger partial charge is 0.344 e. The van der Waals surface area contributed by atoms with Gasteiger partial charge in [-0.15, -0.1) is 0 Å². The number of hydrogen-bond donors (Lipinski definition) is 1. The van der Waals surface area contributed by atoms with Crippen LogP contribution in [0.25, 0.3) is 0 Å². The van der Waals surface area contributed by atoms with E-state index < -0.39 is 0 Å². The first-order valence-corrected chi connectivity index (χ1v) is 7.50. The normalized spacial score (nSPS) is 10.7. The number of anilines is 2. The molecule has 0 bridgehead atoms. The highest BCUT2D eigenvalue weighted by Gasteiger charge is 2.12. The zero-order chi connectivity index (χ0) is 15.4. The van der Waals surface area contributed by atoms with Crippen molar-refractivity contribution in [3.63, 3.8) is 0 Å². The summed E-state index contributed by atoms with van der Waals surface area (Å²) in [6.07, 6.45) is 1.98. The third-order valence-electron chi connectivity index (χ3n) is 3.74. The zero-order valence-corrected chi connectivity index (χ0v) is 13.7. The Morgan fingerprint density at radius 3 is 2.52 bits per heavy atom. The van der Waals surface area contributed by atoms with Crippen LogP contribution in [-0.2, 0) is 6.54 Å². The molecule has 0 unspecified atom stereocenters. The molecule has 112 valence electrons. The molecule has 0 spiro atoms. The van der Waals surface area contributed by atoms with Gasteiger partial charge in [0.05, 0.1) is 0 Å². The maximum Gasteiger partial charge on any atom is 0.0487 e. The highest BCUT2D eigenvalue weighted by molar-refractivity contribution is 5.68. The molecule has 0 saturated heterocycles. The van der Waals surface area contributed by atoms with Crippen molar-refractivity contribution in [3.8, 4) is 0 Å². The van der Waals surface area contributed by atoms with E-state index in [-0.39, 0.29) is 0 Å². The van der Waals surface area contributed by atoms with Crippen LogP contribution < -0.4 is 10.2 Å². The Morgan fingerprint density at radius 2 is 1.86 bits per heavy atom. The molecule has 1 N–H and O–H groups in total. The number of aromatic nitrogens is 1. The monoisotopic (exact) mass is 283 g/mol. The molecule has 1 aromatic carbocycles. The number of nitrogens with one attached hydrogen (secondary N) is 1. The van der Waals surface area contributed by atoms with Crippen LogP contribution in [0.2, 0.25) is 0 Å². The molecule has 0 fully saturated rings. The Balaban J connectivity index is 2.41. The molecule has 21 heavy (non-hydrogen) atoms. The van der Waals surface area contributed by atoms with Gasteiger partial charge in [0.1, 0.15) is 0 Å². The van der Waals surface area contributed by atoms with Crippen LogP contribution in [0.1, 0.15) is 29.3 Å². The molecule has 0 aliphatic rings. The van der Waals surface area contributed by atoms with E-state index in [1.807, 2.05) is 13.1 Å². The Hall–Kier alpha value is -1.87. The van der Waals surface area contributed by atoms with E-state index in [1.54, 1.807) is 0 Å². The van der Waals surface area contributed by atoms with Crippen molar-refractivity contribution < 1.29 is 0 Å². The van der Waals surface area contributed by atoms with Crippen molar-refractivity contribution in [1.29, 1.82) is 0 Å². The van der Waals surface area contributed by atoms with Crippen molar-refractivity contribution in [1.82, 2.24) is 10.3 Å². The number of nitrogens with zero attached hydrogens (tertiary/aromatic N) is 2. The van der Waals surface area contributed by atoms with Crippen LogP contribution in [0.5, 0.6) is 0 Å². The van der Waals surface area contributed by atoms with Gasteiger partial charge in [0.25, 0.3) is 0 Å². The summed E-state index contributed by atoms with van der Waals surface area (Å²) >= 11 is 0. The summed E-state index contributed by atoms with van der Waals surface area (Å²) in [6, 6.07) is 8.74. The van der Waals surface area contributed by atoms with E-state index in [0.29, 0.717) is 0 Å². The van der Waals surface area contributed by atoms with Gasteiger partial charge in [-0.1, -0.05) is 24.6 Å². The third kappa shape index (κ3) is 3.61. The molecular formula is C18H25N3. The first-order chi connectivity index (χ1) is 10.0. The Labute approximate surface area is 128 Å². The molecular weight excluding hydrogens is 258 g/mol. The standard InChI is InChI=1S/C18H25N3/c1-6-19-11-16-12-20-15(4)10-18(16)21(5)17-8-7-13(2)9-14(17)3/h7-10,12,19H,6,11H2,1-5H3. The lowest BCUT2D eigenvalue weighted by Gasteiger charge is -2.25. The van der Waals surface area contributed by atoms with Gasteiger partial charge in [0.15, 0.2) is 0 Å². The number of benzene rings is 1. The minimum Gasteiger partial charge on any atom is -0.344 e. The molecule has 1 heterocycles. The van der Waals surface area contributed by atoms with Crippen LogP contribution in [-0.4, -0.2) is 18.6 Å². The minimum absolute atomic E-state index is 0.842. The fourth-order valence-corrected chi connectivity index (χ4v) is 2.59. The van der Waals surface area contributed by atoms with E-state index in [4.69, 9.17) is 0 Å². The predicted molar refractivity (Wildman–Crippen MR) is 90.3 cm³/mol. The second-order valence-electron chi connectivity index (χ2n) is 5.58. The van der Waals surface area contributed by atoms with Gasteiger partial charge >= 0.3 is 0 Å². The molecule has 3 heteroatoms. The second kappa shape index (κ2) is 6.72. The highest BCUT2D eigenvalue weighted by Crippen LogP contribution is 2.30. The molecule has 0 aliphatic carbocycles. The molecule has 0 atom stereocenters. The van der Waals surface area contributed by atoms with E-state index >= 15 is 0 Å². The molecule has 0 aliphatic heterocycles. The topological polar surface area (TPSA) is 28.2 Å². The van der Waals surface area contributed by atoms with Crippen LogP contribution in [0.3, 0.4) is 0 Å². The summed E-state index contributed by atoms with van der Waals surface area (Å²) in [6.45, 7) is 10.3. The summed E-state index contributed by atoms with van der Waals surface area (Å²) < 4.78 is 0. The number of hydrogen-bond acceptors (Lipinski definition) is 3. The molecule has 2 aromatic rings. The van der Waals surface area contributed by atoms with Crippen LogP contribution in [0, 0.1) is 20.8 Å². The average molecular weight is 283 g/mol. The molecule has 0 saturated carbocycles. The smallest absolute Gasteiger partial charge is 0.0487 e. The maximum atomic E-state index is 4.44. The van der Waals surface area contributed by atoms with Gasteiger partial charge < -0.3 is 10.2 Å². The number of pyridine rings is 1. The van der Waals surface area contributed by atoms with Gasteiger partial charge in [-0.2, -0.15) is 0 Å². The highest BCUT2D eigenvalue weighted by atomic mass is 15.1. The van der Waals surface area contributed by atoms with Gasteiger partial charge in [-0.05, 0) is 45.0 Å². The van der Waals surface area contributed by atoms with Crippen molar-refractivity contribution in [2.75, 3.05) is 18.5 Å². The fourth-order valence-electron chi connectivity index (χ4n) is 2.59. The Kier molecular flexibility index (Phi) is 4.97. The van der Waals surface area contributed by atoms with Crippen LogP contribution in [0.4, 0.5) is 11.4 Å². The lowest BCUT2D eigenvalue weighted by atomic mass is 10.1. The van der Waals surface area contributed by atoms with E-state index in [9.17, 15) is 0 Å². The molecule has 2 rings (SSSR count). The lowest BCUT2D eigenvalue weighted by molar-refractivity contribution is 0.723. The number of rotatable bonds is 5. The summed E-state index contributed by atoms with van der Waals surface area (Å²) in [4.78, 5) is 6.70. The lowest BCUT2D eigenvalue weighted by Crippen LogP contribution is -2.18. The van der Waals surface area contributed by atoms with E-state index in [2.05, 4.69) is 67.3 Å². The summed E-state index contributed by atoms with van der Waals surface area (Å²) in [7, 11) is 2.13. The predicted octanol–water partition coefficient (Wildman–Crippen LogP) is 3.88. The minimum atomic E-state index is 0.842. The van der Waals surface area contributed by atoms with Gasteiger partial charge in [-0.25, -0.2) is 0 Å². The maximum absolute atomic E-state index is 4.44. The quantitative estimate of drug-likeness (QED) is 0.902. The summed E-state index contributed by atoms with van der Waals surface area (Å²) in [5, 5.41) is 3.39. The molecule has 1 aromatic heterocycles. The summed E-state index contributed by atoms with van der Waals surface area (Å²) in [5.74, 6) is 0. The molecule has 0 radical (unpaired) electrons. The SMILES string of the molecule is CCNCc1cnc(C)cc1N(C)c1ccc(C)cc1C. The van der Waals surface area contributed by atoms with Gasteiger partial charge in [0.2, 0.25) is 0 Å². The van der Waals surface area contributed by atoms with Gasteiger partial charge in [0, 0.05) is 42.4 Å². The third-order valence-corrected chi connectivity index (χ3v) is 3.74. The van der Waals surface area contributed by atoms with Gasteiger partial charge in [-0.3, -0.25) is 4.98 Å². The van der Waals surface area contributed by atoms with Crippen molar-refractivity contribution in [2.45, 2.75) is 34.2 Å². The Bertz CT molecular complexity index is 620. The fraction of sp³-hybridized carbons (Fsp3) is 0.389. The first kappa shape index (κ1) is 15.5. The number of aryl methyl sites for hydroxylation is 3. The first-order valence-electron chi connectivity index (χ1n) is 7.50. The second-order valence-corrected chi connectivity index (χ2v) is 5.58. The summed E-state index contributed by atoms with van der Waals surface area (Å²) in [5.41, 5.74) is 7.32. The van der Waals surface area contributed by atoms with Crippen molar-refractivity contribution >= 4 is 11.4 Å². The Morgan fingerprint density at radius 1 is 1.10 bits per heavy atom. The van der Waals surface area contributed by atoms with E-state index in [0.717, 1.165) is 18.8 Å². The van der Waals surface area contributed by atoms with Crippen molar-refractivity contribution in [3.05, 3.63) is 52.8 Å². The zero-order valence-electron chi connectivity index (χ0n) is 13.7. The van der Waals surface area contributed by atoms with Crippen LogP contribution >= 0.6 is 0 Å². The molecule has 3 nitrogen and oxygen atoms in total. The van der Waals surface area contributed by atoms with E-state index in [1.165, 1.54) is 28.1 Å². The van der Waals surface area contributed by atoms with Crippen molar-refractivity contribution in [2.24, 2.45) is 0 Å². The average Bonchev–Trinajstić information content (AvgIpc) is 2.45. The van der Waals surface area contributed by atoms with Crippen LogP contribution in [0.15, 0.2) is 30.5 Å². The molecule has 0 amide bonds.